The predicted molar refractivity (Wildman–Crippen MR) is 75.7 cm³/mol. The van der Waals surface area contributed by atoms with Gasteiger partial charge < -0.3 is 15.4 Å². The van der Waals surface area contributed by atoms with Crippen molar-refractivity contribution in [3.63, 3.8) is 0 Å². The van der Waals surface area contributed by atoms with Gasteiger partial charge in [-0.3, -0.25) is 0 Å². The normalized spacial score (nSPS) is 15.0. The van der Waals surface area contributed by atoms with Crippen LogP contribution in [0.15, 0.2) is 24.3 Å². The van der Waals surface area contributed by atoms with Gasteiger partial charge in [-0.2, -0.15) is 5.26 Å². The third-order valence-corrected chi connectivity index (χ3v) is 3.40. The third-order valence-electron chi connectivity index (χ3n) is 3.40. The van der Waals surface area contributed by atoms with Gasteiger partial charge in [0, 0.05) is 13.1 Å². The number of hydrogen-bond donors (Lipinski definition) is 1. The first kappa shape index (κ1) is 13.4. The second-order valence-corrected chi connectivity index (χ2v) is 4.68. The minimum absolute atomic E-state index is 0.255. The lowest BCUT2D eigenvalue weighted by Gasteiger charge is -2.26. The van der Waals surface area contributed by atoms with Gasteiger partial charge >= 0.3 is 0 Å². The van der Waals surface area contributed by atoms with Crippen molar-refractivity contribution in [1.82, 2.24) is 9.78 Å². The van der Waals surface area contributed by atoms with E-state index in [4.69, 9.17) is 10.5 Å². The van der Waals surface area contributed by atoms with E-state index in [2.05, 4.69) is 11.2 Å². The molecule has 1 aromatic carbocycles. The summed E-state index contributed by atoms with van der Waals surface area (Å²) >= 11 is 0. The summed E-state index contributed by atoms with van der Waals surface area (Å²) in [5.74, 6) is 0.464. The van der Waals surface area contributed by atoms with E-state index in [9.17, 15) is 9.65 Å². The molecule has 0 amide bonds. The zero-order valence-electron chi connectivity index (χ0n) is 11.3. The van der Waals surface area contributed by atoms with Gasteiger partial charge in [-0.1, -0.05) is 0 Å². The lowest BCUT2D eigenvalue weighted by Crippen LogP contribution is -2.37. The summed E-state index contributed by atoms with van der Waals surface area (Å²) in [5.41, 5.74) is 6.97. The highest BCUT2D eigenvalue weighted by molar-refractivity contribution is 5.67. The van der Waals surface area contributed by atoms with Gasteiger partial charge in [0.1, 0.15) is 23.3 Å². The van der Waals surface area contributed by atoms with E-state index in [1.165, 1.54) is 16.8 Å². The molecule has 1 aromatic heterocycles. The van der Waals surface area contributed by atoms with Crippen molar-refractivity contribution in [3.05, 3.63) is 35.6 Å². The zero-order valence-corrected chi connectivity index (χ0v) is 11.3. The highest BCUT2D eigenvalue weighted by Crippen LogP contribution is 2.27. The van der Waals surface area contributed by atoms with Gasteiger partial charge in [0.2, 0.25) is 0 Å². The van der Waals surface area contributed by atoms with Crippen molar-refractivity contribution < 1.29 is 9.13 Å². The molecule has 1 saturated heterocycles. The monoisotopic (exact) mass is 287 g/mol. The summed E-state index contributed by atoms with van der Waals surface area (Å²) in [5, 5.41) is 13.8. The van der Waals surface area contributed by atoms with Crippen molar-refractivity contribution in [3.8, 4) is 11.8 Å². The molecule has 2 heterocycles. The minimum atomic E-state index is -0.335. The summed E-state index contributed by atoms with van der Waals surface area (Å²) in [7, 11) is 0. The Hall–Kier alpha value is -2.59. The molecule has 3 rings (SSSR count). The number of hydrogen-bond acceptors (Lipinski definition) is 5. The van der Waals surface area contributed by atoms with Crippen LogP contribution in [-0.2, 0) is 4.74 Å². The fraction of sp³-hybridized carbons (Fsp3) is 0.286. The third kappa shape index (κ3) is 2.41. The summed E-state index contributed by atoms with van der Waals surface area (Å²) in [6, 6.07) is 7.90. The van der Waals surface area contributed by atoms with E-state index in [0.29, 0.717) is 43.4 Å². The highest BCUT2D eigenvalue weighted by Gasteiger charge is 2.23. The Labute approximate surface area is 121 Å². The number of anilines is 2. The molecule has 0 radical (unpaired) electrons. The molecule has 2 N–H and O–H groups in total. The molecule has 6 nitrogen and oxygen atoms in total. The van der Waals surface area contributed by atoms with E-state index in [-0.39, 0.29) is 11.6 Å². The van der Waals surface area contributed by atoms with Crippen LogP contribution in [0.2, 0.25) is 0 Å². The minimum Gasteiger partial charge on any atom is -0.382 e. The zero-order chi connectivity index (χ0) is 14.8. The number of nitrogen functional groups attached to an aromatic ring is 1. The Balaban J connectivity index is 2.04. The van der Waals surface area contributed by atoms with E-state index in [0.717, 1.165) is 0 Å². The largest absolute Gasteiger partial charge is 0.382 e. The Morgan fingerprint density at radius 2 is 1.90 bits per heavy atom. The maximum atomic E-state index is 13.0. The second kappa shape index (κ2) is 5.42. The molecule has 1 aliphatic heterocycles. The van der Waals surface area contributed by atoms with Crippen LogP contribution in [0.1, 0.15) is 5.56 Å². The molecule has 0 saturated carbocycles. The summed E-state index contributed by atoms with van der Waals surface area (Å²) < 4.78 is 19.8. The van der Waals surface area contributed by atoms with Crippen LogP contribution in [0.3, 0.4) is 0 Å². The summed E-state index contributed by atoms with van der Waals surface area (Å²) in [4.78, 5) is 1.97. The fourth-order valence-electron chi connectivity index (χ4n) is 2.30. The Bertz CT molecular complexity index is 683. The predicted octanol–water partition coefficient (Wildman–Crippen LogP) is 1.30. The van der Waals surface area contributed by atoms with Crippen molar-refractivity contribution >= 4 is 11.6 Å². The topological polar surface area (TPSA) is 80.1 Å². The number of nitrogens with two attached hydrogens (primary N) is 1. The quantitative estimate of drug-likeness (QED) is 0.900. The fourth-order valence-corrected chi connectivity index (χ4v) is 2.30. The summed E-state index contributed by atoms with van der Waals surface area (Å²) in [6.07, 6.45) is 0. The SMILES string of the molecule is N#Cc1c(N2CCOCC2)nn(-c2ccc(F)cc2)c1N. The molecule has 7 heteroatoms. The van der Waals surface area contributed by atoms with Crippen LogP contribution < -0.4 is 10.6 Å². The van der Waals surface area contributed by atoms with E-state index < -0.39 is 0 Å². The second-order valence-electron chi connectivity index (χ2n) is 4.68. The number of ether oxygens (including phenoxy) is 1. The number of nitrogens with zero attached hydrogens (tertiary/aromatic N) is 4. The van der Waals surface area contributed by atoms with Gasteiger partial charge in [0.15, 0.2) is 5.82 Å². The van der Waals surface area contributed by atoms with Gasteiger partial charge in [-0.25, -0.2) is 9.07 Å². The molecule has 1 fully saturated rings. The Morgan fingerprint density at radius 1 is 1.24 bits per heavy atom. The number of nitriles is 1. The van der Waals surface area contributed by atoms with E-state index in [1.807, 2.05) is 4.90 Å². The van der Waals surface area contributed by atoms with E-state index in [1.54, 1.807) is 12.1 Å². The highest BCUT2D eigenvalue weighted by atomic mass is 19.1. The van der Waals surface area contributed by atoms with Crippen LogP contribution in [0.4, 0.5) is 16.0 Å². The first-order valence-electron chi connectivity index (χ1n) is 6.58. The Morgan fingerprint density at radius 3 is 2.52 bits per heavy atom. The number of morpholine rings is 1. The molecule has 0 bridgehead atoms. The van der Waals surface area contributed by atoms with Crippen LogP contribution in [-0.4, -0.2) is 36.1 Å². The molecule has 21 heavy (non-hydrogen) atoms. The van der Waals surface area contributed by atoms with Crippen molar-refractivity contribution in [2.24, 2.45) is 0 Å². The first-order valence-corrected chi connectivity index (χ1v) is 6.58. The number of aromatic nitrogens is 2. The van der Waals surface area contributed by atoms with Crippen molar-refractivity contribution in [1.29, 1.82) is 5.26 Å². The molecular weight excluding hydrogens is 273 g/mol. The smallest absolute Gasteiger partial charge is 0.171 e. The van der Waals surface area contributed by atoms with Crippen LogP contribution in [0.25, 0.3) is 5.69 Å². The maximum Gasteiger partial charge on any atom is 0.171 e. The molecular formula is C14H14FN5O. The average molecular weight is 287 g/mol. The molecule has 0 unspecified atom stereocenters. The van der Waals surface area contributed by atoms with Crippen molar-refractivity contribution in [2.75, 3.05) is 36.9 Å². The van der Waals surface area contributed by atoms with Crippen LogP contribution >= 0.6 is 0 Å². The van der Waals surface area contributed by atoms with E-state index >= 15 is 0 Å². The van der Waals surface area contributed by atoms with Gasteiger partial charge in [-0.15, -0.1) is 5.10 Å². The lowest BCUT2D eigenvalue weighted by molar-refractivity contribution is 0.122. The summed E-state index contributed by atoms with van der Waals surface area (Å²) in [6.45, 7) is 2.51. The van der Waals surface area contributed by atoms with Crippen molar-refractivity contribution in [2.45, 2.75) is 0 Å². The van der Waals surface area contributed by atoms with Gasteiger partial charge in [-0.05, 0) is 24.3 Å². The molecule has 108 valence electrons. The molecule has 2 aromatic rings. The standard InChI is InChI=1S/C14H14FN5O/c15-10-1-3-11(4-2-10)20-13(17)12(9-16)14(18-20)19-5-7-21-8-6-19/h1-4H,5-8,17H2. The molecule has 0 atom stereocenters. The first-order chi connectivity index (χ1) is 10.2. The molecule has 0 aliphatic carbocycles. The molecule has 0 spiro atoms. The number of halogens is 1. The number of benzene rings is 1. The van der Waals surface area contributed by atoms with Gasteiger partial charge in [0.25, 0.3) is 0 Å². The van der Waals surface area contributed by atoms with Crippen LogP contribution in [0, 0.1) is 17.1 Å². The Kier molecular flexibility index (Phi) is 3.46. The number of rotatable bonds is 2. The van der Waals surface area contributed by atoms with Gasteiger partial charge in [0.05, 0.1) is 18.9 Å². The average Bonchev–Trinajstić information content (AvgIpc) is 2.86. The lowest BCUT2D eigenvalue weighted by atomic mass is 10.2. The molecule has 1 aliphatic rings. The van der Waals surface area contributed by atoms with Crippen LogP contribution in [0.5, 0.6) is 0 Å². The maximum absolute atomic E-state index is 13.0.